The predicted octanol–water partition coefficient (Wildman–Crippen LogP) is 7.32. The van der Waals surface area contributed by atoms with Crippen LogP contribution in [-0.2, 0) is 6.42 Å². The Bertz CT molecular complexity index is 907. The average Bonchev–Trinajstić information content (AvgIpc) is 2.76. The summed E-state index contributed by atoms with van der Waals surface area (Å²) >= 11 is -1.07. The zero-order chi connectivity index (χ0) is 20.5. The molecule has 0 saturated carbocycles. The average molecular weight is 500 g/mol. The summed E-state index contributed by atoms with van der Waals surface area (Å²) in [6, 6.07) is 16.9. The van der Waals surface area contributed by atoms with E-state index in [2.05, 4.69) is 54.8 Å². The topological polar surface area (TPSA) is 33.0 Å². The van der Waals surface area contributed by atoms with E-state index in [1.807, 2.05) is 6.07 Å². The summed E-state index contributed by atoms with van der Waals surface area (Å²) in [6.07, 6.45) is 5.17. The van der Waals surface area contributed by atoms with E-state index in [1.165, 1.54) is 44.0 Å². The molecule has 0 atom stereocenters. The molecule has 1 fully saturated rings. The Kier molecular flexibility index (Phi) is 8.64. The quantitative estimate of drug-likeness (QED) is 0.154. The second-order valence-electron chi connectivity index (χ2n) is 7.62. The molecule has 0 aliphatic carbocycles. The van der Waals surface area contributed by atoms with Gasteiger partial charge in [0, 0.05) is 6.42 Å². The number of nitrogens with one attached hydrogen (secondary N) is 1. The highest BCUT2D eigenvalue weighted by Crippen LogP contribution is 2.36. The van der Waals surface area contributed by atoms with Crippen molar-refractivity contribution in [3.05, 3.63) is 77.7 Å². The zero-order valence-electron chi connectivity index (χ0n) is 17.1. The van der Waals surface area contributed by atoms with Gasteiger partial charge in [0.1, 0.15) is 5.75 Å². The van der Waals surface area contributed by atoms with Crippen molar-refractivity contribution in [1.82, 2.24) is 0 Å². The van der Waals surface area contributed by atoms with Crippen LogP contribution in [0.25, 0.3) is 16.9 Å². The van der Waals surface area contributed by atoms with Gasteiger partial charge < -0.3 is 10.5 Å². The Hall–Kier alpha value is -1.77. The molecule has 0 unspecified atom stereocenters. The largest absolute Gasteiger partial charge is 0.677 e. The molecule has 0 spiro atoms. The summed E-state index contributed by atoms with van der Waals surface area (Å²) in [6.45, 7) is 4.96. The first-order valence-electron chi connectivity index (χ1n) is 10.4. The van der Waals surface area contributed by atoms with Gasteiger partial charge in [0.25, 0.3) is 0 Å². The lowest BCUT2D eigenvalue weighted by Crippen LogP contribution is -2.11. The number of rotatable bonds is 9. The second kappa shape index (κ2) is 11.4. The zero-order valence-corrected chi connectivity index (χ0v) is 19.3. The molecular formula is C26H31INO-. The van der Waals surface area contributed by atoms with Crippen LogP contribution in [0.5, 0.6) is 5.75 Å². The van der Waals surface area contributed by atoms with E-state index in [9.17, 15) is 0 Å². The van der Waals surface area contributed by atoms with Crippen LogP contribution in [0, 0.1) is 10.2 Å². The normalized spacial score (nSPS) is 15.0. The maximum Gasteiger partial charge on any atom is 0.122 e. The highest BCUT2D eigenvalue weighted by atomic mass is 127. The van der Waals surface area contributed by atoms with Crippen molar-refractivity contribution in [1.29, 1.82) is 0 Å². The lowest BCUT2D eigenvalue weighted by molar-refractivity contribution is 0.313. The number of alkyl halides is 2. The van der Waals surface area contributed by atoms with Gasteiger partial charge in [0.15, 0.2) is 0 Å². The van der Waals surface area contributed by atoms with Gasteiger partial charge in [-0.25, -0.2) is 0 Å². The second-order valence-corrected chi connectivity index (χ2v) is 12.6. The molecule has 3 rings (SSSR count). The van der Waals surface area contributed by atoms with Crippen molar-refractivity contribution in [3.63, 3.8) is 0 Å². The Morgan fingerprint density at radius 2 is 1.90 bits per heavy atom. The molecule has 1 heterocycles. The van der Waals surface area contributed by atoms with E-state index < -0.39 is 19.1 Å². The van der Waals surface area contributed by atoms with Crippen molar-refractivity contribution in [2.75, 3.05) is 22.0 Å². The van der Waals surface area contributed by atoms with E-state index in [0.717, 1.165) is 30.9 Å². The van der Waals surface area contributed by atoms with E-state index >= 15 is 0 Å². The summed E-state index contributed by atoms with van der Waals surface area (Å²) in [4.78, 5) is 0. The fourth-order valence-electron chi connectivity index (χ4n) is 3.74. The lowest BCUT2D eigenvalue weighted by atomic mass is 9.90. The maximum atomic E-state index is 7.36. The van der Waals surface area contributed by atoms with Crippen LogP contribution in [0.3, 0.4) is 0 Å². The number of allylic oxidation sites excluding steroid dienone is 1. The summed E-state index contributed by atoms with van der Waals surface area (Å²) in [5.41, 5.74) is 15.5. The molecule has 0 radical (unpaired) electrons. The molecular weight excluding hydrogens is 469 g/mol. The molecule has 2 aromatic rings. The standard InChI is InChI=1S/C26H31INO/c1-3-21(18-22-12-14-27(2)15-13-22)19-25-20-24(23-8-5-4-6-9-23)10-11-26(25)29-17-7-16-28/h2,4-6,8-11,20,22,28H,1,7,12-19H2/q-1. The first kappa shape index (κ1) is 21.9. The minimum absolute atomic E-state index is 0.392. The summed E-state index contributed by atoms with van der Waals surface area (Å²) in [5, 5.41) is 0. The molecule has 29 heavy (non-hydrogen) atoms. The van der Waals surface area contributed by atoms with Crippen molar-refractivity contribution in [2.24, 2.45) is 5.92 Å². The predicted molar refractivity (Wildman–Crippen MR) is 134 cm³/mol. The fourth-order valence-corrected chi connectivity index (χ4v) is 7.64. The number of ether oxygens (including phenoxy) is 1. The smallest absolute Gasteiger partial charge is 0.122 e. The summed E-state index contributed by atoms with van der Waals surface area (Å²) in [7, 11) is 0. The number of hydrogen-bond acceptors (Lipinski definition) is 1. The molecule has 0 amide bonds. The third kappa shape index (κ3) is 6.62. The molecule has 2 aromatic carbocycles. The van der Waals surface area contributed by atoms with Crippen LogP contribution in [-0.4, -0.2) is 22.0 Å². The Balaban J connectivity index is 1.79. The van der Waals surface area contributed by atoms with Crippen molar-refractivity contribution in [2.45, 2.75) is 32.1 Å². The first-order valence-corrected chi connectivity index (χ1v) is 14.7. The van der Waals surface area contributed by atoms with Gasteiger partial charge in [-0.3, -0.25) is 0 Å². The van der Waals surface area contributed by atoms with Gasteiger partial charge in [0.2, 0.25) is 0 Å². The van der Waals surface area contributed by atoms with E-state index in [4.69, 9.17) is 14.8 Å². The lowest BCUT2D eigenvalue weighted by Gasteiger charge is -2.23. The van der Waals surface area contributed by atoms with E-state index in [0.29, 0.717) is 13.2 Å². The van der Waals surface area contributed by atoms with Gasteiger partial charge in [0.05, 0.1) is 6.61 Å². The first-order chi connectivity index (χ1) is 14.2. The monoisotopic (exact) mass is 500 g/mol. The Morgan fingerprint density at radius 1 is 1.14 bits per heavy atom. The van der Waals surface area contributed by atoms with E-state index in [1.54, 1.807) is 0 Å². The van der Waals surface area contributed by atoms with Crippen LogP contribution in [0.1, 0.15) is 31.2 Å². The van der Waals surface area contributed by atoms with E-state index in [-0.39, 0.29) is 0 Å². The van der Waals surface area contributed by atoms with Gasteiger partial charge in [-0.15, -0.1) is 35.7 Å². The van der Waals surface area contributed by atoms with Crippen LogP contribution in [0.4, 0.5) is 0 Å². The molecule has 3 heteroatoms. The van der Waals surface area contributed by atoms with Crippen LogP contribution in [0.2, 0.25) is 0 Å². The fraction of sp³-hybridized carbons (Fsp3) is 0.385. The molecule has 154 valence electrons. The molecule has 0 aromatic heterocycles. The molecule has 0 bridgehead atoms. The maximum absolute atomic E-state index is 7.36. The highest BCUT2D eigenvalue weighted by Gasteiger charge is 2.18. The highest BCUT2D eigenvalue weighted by molar-refractivity contribution is 14.2. The van der Waals surface area contributed by atoms with Crippen molar-refractivity contribution >= 4 is 19.1 Å². The van der Waals surface area contributed by atoms with Gasteiger partial charge in [-0.2, -0.15) is 0 Å². The van der Waals surface area contributed by atoms with Gasteiger partial charge >= 0.3 is 0 Å². The van der Waals surface area contributed by atoms with Gasteiger partial charge in [-0.05, 0) is 74.9 Å². The SMILES string of the molecule is C#I1CCC(CC(=C=C)Cc2cc(-c3ccccc3)ccc2OCCC[NH-])CC1. The molecule has 1 N–H and O–H groups in total. The van der Waals surface area contributed by atoms with Crippen molar-refractivity contribution in [3.8, 4) is 21.2 Å². The minimum atomic E-state index is -1.07. The third-order valence-corrected chi connectivity index (χ3v) is 9.47. The van der Waals surface area contributed by atoms with Crippen LogP contribution >= 0.6 is 19.1 Å². The van der Waals surface area contributed by atoms with Crippen LogP contribution in [0.15, 0.2) is 66.4 Å². The third-order valence-electron chi connectivity index (χ3n) is 5.46. The molecule has 1 saturated heterocycles. The van der Waals surface area contributed by atoms with Crippen molar-refractivity contribution < 1.29 is 4.74 Å². The van der Waals surface area contributed by atoms with Crippen LogP contribution < -0.4 is 4.74 Å². The Morgan fingerprint density at radius 3 is 2.59 bits per heavy atom. The summed E-state index contributed by atoms with van der Waals surface area (Å²) in [5.74, 6) is 1.64. The number of halogens is 1. The number of hydrogen-bond donors (Lipinski definition) is 0. The number of benzene rings is 2. The molecule has 1 aliphatic rings. The molecule has 1 aliphatic heterocycles. The Labute approximate surface area is 182 Å². The molecule has 2 nitrogen and oxygen atoms in total. The minimum Gasteiger partial charge on any atom is -0.677 e. The summed E-state index contributed by atoms with van der Waals surface area (Å²) < 4.78 is 14.8. The van der Waals surface area contributed by atoms with Gasteiger partial charge in [-0.1, -0.05) is 43.0 Å².